The van der Waals surface area contributed by atoms with E-state index >= 15 is 0 Å². The molecule has 1 aromatic carbocycles. The van der Waals surface area contributed by atoms with Gasteiger partial charge in [0.1, 0.15) is 11.6 Å². The Morgan fingerprint density at radius 2 is 2.11 bits per heavy atom. The van der Waals surface area contributed by atoms with Crippen molar-refractivity contribution in [1.82, 2.24) is 0 Å². The van der Waals surface area contributed by atoms with Crippen LogP contribution in [0.15, 0.2) is 29.8 Å². The molecule has 4 nitrogen and oxygen atoms in total. The molecule has 0 fully saturated rings. The van der Waals surface area contributed by atoms with Crippen molar-refractivity contribution in [3.63, 3.8) is 0 Å². The number of nitriles is 2. The molecular formula is C14H12N2O2. The molecule has 18 heavy (non-hydrogen) atoms. The third-order valence-corrected chi connectivity index (χ3v) is 2.01. The van der Waals surface area contributed by atoms with E-state index in [-0.39, 0.29) is 11.7 Å². The van der Waals surface area contributed by atoms with Crippen LogP contribution in [0.4, 0.5) is 0 Å². The summed E-state index contributed by atoms with van der Waals surface area (Å²) in [6.07, 6.45) is 1.13. The lowest BCUT2D eigenvalue weighted by atomic mass is 10.1. The second-order valence-corrected chi connectivity index (χ2v) is 3.86. The number of hydrogen-bond donors (Lipinski definition) is 0. The minimum atomic E-state index is -0.658. The van der Waals surface area contributed by atoms with Gasteiger partial charge in [0.15, 0.2) is 0 Å². The molecule has 0 saturated heterocycles. The van der Waals surface area contributed by atoms with Gasteiger partial charge in [-0.1, -0.05) is 12.1 Å². The standard InChI is InChI=1S/C14H12N2O2/c1-10(2)18-14(17)13(9-16)7-11-4-3-5-12(6-11)8-15/h3-7,10H,1-2H3/b13-7+. The van der Waals surface area contributed by atoms with Gasteiger partial charge in [0.25, 0.3) is 0 Å². The minimum absolute atomic E-state index is 0.0845. The maximum atomic E-state index is 11.6. The second kappa shape index (κ2) is 6.22. The van der Waals surface area contributed by atoms with E-state index in [0.717, 1.165) is 0 Å². The first-order valence-electron chi connectivity index (χ1n) is 5.39. The van der Waals surface area contributed by atoms with E-state index in [2.05, 4.69) is 0 Å². The first-order valence-corrected chi connectivity index (χ1v) is 5.39. The topological polar surface area (TPSA) is 73.9 Å². The molecule has 0 unspecified atom stereocenters. The van der Waals surface area contributed by atoms with Gasteiger partial charge in [-0.2, -0.15) is 10.5 Å². The highest BCUT2D eigenvalue weighted by Crippen LogP contribution is 2.10. The van der Waals surface area contributed by atoms with Gasteiger partial charge in [-0.05, 0) is 37.6 Å². The first kappa shape index (κ1) is 13.5. The zero-order valence-corrected chi connectivity index (χ0v) is 10.2. The van der Waals surface area contributed by atoms with Crippen LogP contribution >= 0.6 is 0 Å². The predicted molar refractivity (Wildman–Crippen MR) is 66.0 cm³/mol. The summed E-state index contributed by atoms with van der Waals surface area (Å²) in [5.74, 6) is -0.658. The van der Waals surface area contributed by atoms with Crippen molar-refractivity contribution in [3.05, 3.63) is 41.0 Å². The second-order valence-electron chi connectivity index (χ2n) is 3.86. The van der Waals surface area contributed by atoms with Crippen molar-refractivity contribution in [2.75, 3.05) is 0 Å². The number of hydrogen-bond acceptors (Lipinski definition) is 4. The SMILES string of the molecule is CC(C)OC(=O)/C(C#N)=C/c1cccc(C#N)c1. The predicted octanol–water partition coefficient (Wildman–Crippen LogP) is 2.42. The molecule has 0 atom stereocenters. The maximum absolute atomic E-state index is 11.6. The number of rotatable bonds is 3. The molecule has 0 saturated carbocycles. The van der Waals surface area contributed by atoms with Crippen LogP contribution in [0.2, 0.25) is 0 Å². The van der Waals surface area contributed by atoms with E-state index in [4.69, 9.17) is 15.3 Å². The molecule has 0 aliphatic rings. The number of ether oxygens (including phenoxy) is 1. The summed E-state index contributed by atoms with van der Waals surface area (Å²) in [6.45, 7) is 3.42. The van der Waals surface area contributed by atoms with Gasteiger partial charge in [-0.3, -0.25) is 0 Å². The zero-order valence-electron chi connectivity index (χ0n) is 10.2. The molecule has 90 valence electrons. The molecule has 4 heteroatoms. The average Bonchev–Trinajstić information content (AvgIpc) is 2.35. The van der Waals surface area contributed by atoms with Crippen LogP contribution in [0.5, 0.6) is 0 Å². The Morgan fingerprint density at radius 1 is 1.39 bits per heavy atom. The summed E-state index contributed by atoms with van der Waals surface area (Å²) in [5, 5.41) is 17.7. The fraction of sp³-hybridized carbons (Fsp3) is 0.214. The van der Waals surface area contributed by atoms with Gasteiger partial charge in [-0.15, -0.1) is 0 Å². The lowest BCUT2D eigenvalue weighted by molar-refractivity contribution is -0.142. The molecule has 0 heterocycles. The lowest BCUT2D eigenvalue weighted by Gasteiger charge is -2.06. The van der Waals surface area contributed by atoms with Crippen LogP contribution in [0.1, 0.15) is 25.0 Å². The molecule has 1 aromatic rings. The highest BCUT2D eigenvalue weighted by molar-refractivity contribution is 5.98. The third-order valence-electron chi connectivity index (χ3n) is 2.01. The highest BCUT2D eigenvalue weighted by Gasteiger charge is 2.12. The van der Waals surface area contributed by atoms with E-state index in [0.29, 0.717) is 11.1 Å². The fourth-order valence-electron chi connectivity index (χ4n) is 1.28. The normalized spacial score (nSPS) is 10.6. The van der Waals surface area contributed by atoms with Crippen LogP contribution in [-0.2, 0) is 9.53 Å². The van der Waals surface area contributed by atoms with E-state index in [9.17, 15) is 4.79 Å². The fourth-order valence-corrected chi connectivity index (χ4v) is 1.28. The monoisotopic (exact) mass is 240 g/mol. The number of carbonyl (C=O) groups is 1. The Morgan fingerprint density at radius 3 is 2.67 bits per heavy atom. The van der Waals surface area contributed by atoms with Crippen molar-refractivity contribution in [2.45, 2.75) is 20.0 Å². The Labute approximate surface area is 106 Å². The van der Waals surface area contributed by atoms with Gasteiger partial charge in [0.2, 0.25) is 0 Å². The van der Waals surface area contributed by atoms with Crippen LogP contribution in [0, 0.1) is 22.7 Å². The molecule has 0 aliphatic heterocycles. The first-order chi connectivity index (χ1) is 8.56. The van der Waals surface area contributed by atoms with E-state index in [1.165, 1.54) is 6.08 Å². The van der Waals surface area contributed by atoms with Gasteiger partial charge in [-0.25, -0.2) is 4.79 Å². The van der Waals surface area contributed by atoms with Crippen molar-refractivity contribution in [3.8, 4) is 12.1 Å². The van der Waals surface area contributed by atoms with Crippen LogP contribution in [0.3, 0.4) is 0 Å². The quantitative estimate of drug-likeness (QED) is 0.462. The summed E-state index contributed by atoms with van der Waals surface area (Å²) >= 11 is 0. The molecule has 0 bridgehead atoms. The molecule has 0 N–H and O–H groups in total. The Bertz CT molecular complexity index is 560. The summed E-state index contributed by atoms with van der Waals surface area (Å²) in [5.41, 5.74) is 1.00. The minimum Gasteiger partial charge on any atom is -0.459 e. The van der Waals surface area contributed by atoms with Gasteiger partial charge in [0.05, 0.1) is 17.7 Å². The van der Waals surface area contributed by atoms with E-state index in [1.54, 1.807) is 44.2 Å². The molecule has 0 spiro atoms. The Hall–Kier alpha value is -2.59. The molecule has 0 aliphatic carbocycles. The van der Waals surface area contributed by atoms with Gasteiger partial charge >= 0.3 is 5.97 Å². The van der Waals surface area contributed by atoms with Gasteiger partial charge in [0, 0.05) is 0 Å². The largest absolute Gasteiger partial charge is 0.459 e. The van der Waals surface area contributed by atoms with Crippen molar-refractivity contribution in [2.24, 2.45) is 0 Å². The van der Waals surface area contributed by atoms with E-state index < -0.39 is 5.97 Å². The summed E-state index contributed by atoms with van der Waals surface area (Å²) in [7, 11) is 0. The lowest BCUT2D eigenvalue weighted by Crippen LogP contribution is -2.12. The molecule has 1 rings (SSSR count). The van der Waals surface area contributed by atoms with Crippen molar-refractivity contribution < 1.29 is 9.53 Å². The number of benzene rings is 1. The molecule has 0 aromatic heterocycles. The van der Waals surface area contributed by atoms with Gasteiger partial charge < -0.3 is 4.74 Å². The number of nitrogens with zero attached hydrogens (tertiary/aromatic N) is 2. The van der Waals surface area contributed by atoms with Crippen LogP contribution in [-0.4, -0.2) is 12.1 Å². The molecule has 0 amide bonds. The highest BCUT2D eigenvalue weighted by atomic mass is 16.5. The third kappa shape index (κ3) is 3.77. The Kier molecular flexibility index (Phi) is 4.66. The summed E-state index contributed by atoms with van der Waals surface area (Å²) in [4.78, 5) is 11.6. The average molecular weight is 240 g/mol. The van der Waals surface area contributed by atoms with E-state index in [1.807, 2.05) is 6.07 Å². The van der Waals surface area contributed by atoms with Crippen LogP contribution in [0.25, 0.3) is 6.08 Å². The molecular weight excluding hydrogens is 228 g/mol. The molecule has 0 radical (unpaired) electrons. The van der Waals surface area contributed by atoms with Crippen molar-refractivity contribution >= 4 is 12.0 Å². The zero-order chi connectivity index (χ0) is 13.5. The number of carbonyl (C=O) groups excluding carboxylic acids is 1. The van der Waals surface area contributed by atoms with Crippen LogP contribution < -0.4 is 0 Å². The number of esters is 1. The smallest absolute Gasteiger partial charge is 0.349 e. The maximum Gasteiger partial charge on any atom is 0.349 e. The summed E-state index contributed by atoms with van der Waals surface area (Å²) < 4.78 is 4.94. The van der Waals surface area contributed by atoms with Crippen molar-refractivity contribution in [1.29, 1.82) is 10.5 Å². The Balaban J connectivity index is 3.02. The summed E-state index contributed by atoms with van der Waals surface area (Å²) in [6, 6.07) is 10.4.